The van der Waals surface area contributed by atoms with Gasteiger partial charge in [0.15, 0.2) is 5.16 Å². The van der Waals surface area contributed by atoms with E-state index in [0.29, 0.717) is 38.3 Å². The lowest BCUT2D eigenvalue weighted by molar-refractivity contribution is 0.395. The third-order valence-corrected chi connectivity index (χ3v) is 6.64. The van der Waals surface area contributed by atoms with Crippen molar-refractivity contribution in [3.8, 4) is 28.1 Å². The van der Waals surface area contributed by atoms with E-state index in [1.165, 1.54) is 35.2 Å². The highest BCUT2D eigenvalue weighted by atomic mass is 32.2. The lowest BCUT2D eigenvalue weighted by Gasteiger charge is -2.03. The molecule has 0 saturated carbocycles. The Morgan fingerprint density at radius 3 is 2.78 bits per heavy atom. The zero-order chi connectivity index (χ0) is 22.1. The number of rotatable bonds is 6. The highest BCUT2D eigenvalue weighted by Gasteiger charge is 2.15. The van der Waals surface area contributed by atoms with E-state index in [1.807, 2.05) is 35.7 Å². The quantitative estimate of drug-likeness (QED) is 0.254. The Hall–Kier alpha value is -3.43. The van der Waals surface area contributed by atoms with Crippen LogP contribution in [0.15, 0.2) is 74.5 Å². The monoisotopic (exact) mass is 465 g/mol. The van der Waals surface area contributed by atoms with Crippen molar-refractivity contribution < 1.29 is 13.7 Å². The second kappa shape index (κ2) is 8.60. The molecule has 3 aromatic heterocycles. The Morgan fingerprint density at radius 2 is 1.97 bits per heavy atom. The highest BCUT2D eigenvalue weighted by molar-refractivity contribution is 7.98. The third kappa shape index (κ3) is 3.92. The van der Waals surface area contributed by atoms with Crippen LogP contribution >= 0.6 is 23.1 Å². The molecule has 9 heteroatoms. The number of hydrogen-bond donors (Lipinski definition) is 1. The number of H-pyrrole nitrogens is 1. The molecule has 2 aromatic carbocycles. The number of fused-ring (bicyclic) bond motifs is 1. The Kier molecular flexibility index (Phi) is 5.50. The van der Waals surface area contributed by atoms with Crippen molar-refractivity contribution in [3.05, 3.63) is 81.9 Å². The fourth-order valence-electron chi connectivity index (χ4n) is 3.34. The van der Waals surface area contributed by atoms with E-state index in [2.05, 4.69) is 15.1 Å². The summed E-state index contributed by atoms with van der Waals surface area (Å²) in [5.41, 5.74) is 2.81. The molecule has 3 heterocycles. The van der Waals surface area contributed by atoms with Gasteiger partial charge in [0.2, 0.25) is 0 Å². The van der Waals surface area contributed by atoms with Gasteiger partial charge in [-0.05, 0) is 29.8 Å². The lowest BCUT2D eigenvalue weighted by Crippen LogP contribution is -2.08. The second-order valence-electron chi connectivity index (χ2n) is 6.87. The first-order valence-electron chi connectivity index (χ1n) is 9.61. The summed E-state index contributed by atoms with van der Waals surface area (Å²) in [4.78, 5) is 20.8. The first-order chi connectivity index (χ1) is 15.6. The summed E-state index contributed by atoms with van der Waals surface area (Å²) in [5.74, 6) is 1.50. The van der Waals surface area contributed by atoms with Crippen molar-refractivity contribution in [1.82, 2.24) is 15.1 Å². The largest absolute Gasteiger partial charge is 0.496 e. The molecule has 0 aliphatic carbocycles. The highest BCUT2D eigenvalue weighted by Crippen LogP contribution is 2.33. The molecule has 5 aromatic rings. The minimum absolute atomic E-state index is 0.231. The molecule has 0 amide bonds. The van der Waals surface area contributed by atoms with Crippen molar-refractivity contribution >= 4 is 33.3 Å². The number of nitrogens with one attached hydrogen (secondary N) is 1. The van der Waals surface area contributed by atoms with E-state index in [0.717, 1.165) is 16.7 Å². The SMILES string of the molecule is COc1ccccc1-c1cc(CSc2nc3scc(-c4ccc(F)cc4)c3c(=O)[nH]2)on1. The van der Waals surface area contributed by atoms with Crippen molar-refractivity contribution in [3.63, 3.8) is 0 Å². The van der Waals surface area contributed by atoms with Crippen LogP contribution in [0.3, 0.4) is 0 Å². The number of methoxy groups -OCH3 is 1. The molecule has 1 N–H and O–H groups in total. The van der Waals surface area contributed by atoms with Gasteiger partial charge >= 0.3 is 0 Å². The van der Waals surface area contributed by atoms with Gasteiger partial charge in [-0.3, -0.25) is 4.79 Å². The van der Waals surface area contributed by atoms with Crippen molar-refractivity contribution in [2.24, 2.45) is 0 Å². The number of aromatic nitrogens is 3. The first kappa shape index (κ1) is 20.5. The normalized spacial score (nSPS) is 11.2. The van der Waals surface area contributed by atoms with Gasteiger partial charge in [-0.1, -0.05) is 41.2 Å². The smallest absolute Gasteiger partial charge is 0.260 e. The fraction of sp³-hybridized carbons (Fsp3) is 0.0870. The van der Waals surface area contributed by atoms with Crippen molar-refractivity contribution in [2.75, 3.05) is 7.11 Å². The van der Waals surface area contributed by atoms with E-state index in [9.17, 15) is 9.18 Å². The van der Waals surface area contributed by atoms with Crippen LogP contribution in [-0.4, -0.2) is 22.2 Å². The second-order valence-corrected chi connectivity index (χ2v) is 8.70. The zero-order valence-corrected chi connectivity index (χ0v) is 18.4. The van der Waals surface area contributed by atoms with Gasteiger partial charge in [-0.15, -0.1) is 11.3 Å². The first-order valence-corrected chi connectivity index (χ1v) is 11.5. The van der Waals surface area contributed by atoms with Gasteiger partial charge < -0.3 is 14.2 Å². The molecule has 6 nitrogen and oxygen atoms in total. The minimum atomic E-state index is -0.319. The maximum absolute atomic E-state index is 13.2. The number of hydrogen-bond acceptors (Lipinski definition) is 7. The predicted molar refractivity (Wildman–Crippen MR) is 124 cm³/mol. The van der Waals surface area contributed by atoms with Crippen LogP contribution < -0.4 is 10.3 Å². The summed E-state index contributed by atoms with van der Waals surface area (Å²) in [5, 5.41) is 6.99. The summed E-state index contributed by atoms with van der Waals surface area (Å²) in [6.07, 6.45) is 0. The molecule has 0 fully saturated rings. The lowest BCUT2D eigenvalue weighted by atomic mass is 10.1. The maximum Gasteiger partial charge on any atom is 0.260 e. The summed E-state index contributed by atoms with van der Waals surface area (Å²) >= 11 is 2.73. The van der Waals surface area contributed by atoms with Gasteiger partial charge in [0, 0.05) is 22.6 Å². The molecule has 32 heavy (non-hydrogen) atoms. The van der Waals surface area contributed by atoms with E-state index >= 15 is 0 Å². The van der Waals surface area contributed by atoms with Crippen LogP contribution in [0.4, 0.5) is 4.39 Å². The van der Waals surface area contributed by atoms with Crippen LogP contribution in [0.2, 0.25) is 0 Å². The summed E-state index contributed by atoms with van der Waals surface area (Å²) in [6, 6.07) is 15.5. The van der Waals surface area contributed by atoms with Gasteiger partial charge in [-0.2, -0.15) is 0 Å². The fourth-order valence-corrected chi connectivity index (χ4v) is 5.08. The molecule has 0 radical (unpaired) electrons. The predicted octanol–water partition coefficient (Wildman–Crippen LogP) is 5.75. The average molecular weight is 466 g/mol. The molecule has 5 rings (SSSR count). The van der Waals surface area contributed by atoms with E-state index in [-0.39, 0.29) is 11.4 Å². The molecule has 0 aliphatic rings. The van der Waals surface area contributed by atoms with Crippen molar-refractivity contribution in [2.45, 2.75) is 10.9 Å². The average Bonchev–Trinajstić information content (AvgIpc) is 3.46. The Morgan fingerprint density at radius 1 is 1.16 bits per heavy atom. The Labute approximate surface area is 190 Å². The Bertz CT molecular complexity index is 1460. The van der Waals surface area contributed by atoms with Gasteiger partial charge in [-0.25, -0.2) is 9.37 Å². The number of benzene rings is 2. The summed E-state index contributed by atoms with van der Waals surface area (Å²) in [7, 11) is 1.61. The van der Waals surface area contributed by atoms with Crippen molar-refractivity contribution in [1.29, 1.82) is 0 Å². The van der Waals surface area contributed by atoms with E-state index in [1.54, 1.807) is 19.2 Å². The molecule has 0 saturated heterocycles. The molecule has 0 bridgehead atoms. The summed E-state index contributed by atoms with van der Waals surface area (Å²) in [6.45, 7) is 0. The molecule has 0 spiro atoms. The number of nitrogens with zero attached hydrogens (tertiary/aromatic N) is 2. The number of thioether (sulfide) groups is 1. The van der Waals surface area contributed by atoms with Crippen LogP contribution in [-0.2, 0) is 5.75 Å². The molecule has 0 atom stereocenters. The molecule has 0 aliphatic heterocycles. The number of ether oxygens (including phenoxy) is 1. The topological polar surface area (TPSA) is 81.0 Å². The van der Waals surface area contributed by atoms with Gasteiger partial charge in [0.1, 0.15) is 27.9 Å². The number of halogens is 1. The van der Waals surface area contributed by atoms with Crippen LogP contribution in [0.25, 0.3) is 32.6 Å². The van der Waals surface area contributed by atoms with Crippen LogP contribution in [0.1, 0.15) is 5.76 Å². The Balaban J connectivity index is 1.37. The third-order valence-electron chi connectivity index (χ3n) is 4.87. The van der Waals surface area contributed by atoms with Gasteiger partial charge in [0.05, 0.1) is 18.2 Å². The zero-order valence-electron chi connectivity index (χ0n) is 16.8. The molecular weight excluding hydrogens is 449 g/mol. The number of para-hydroxylation sites is 1. The number of thiophene rings is 1. The molecule has 0 unspecified atom stereocenters. The number of aromatic amines is 1. The van der Waals surface area contributed by atoms with Crippen LogP contribution in [0.5, 0.6) is 5.75 Å². The molecular formula is C23H16FN3O3S2. The maximum atomic E-state index is 13.2. The van der Waals surface area contributed by atoms with E-state index in [4.69, 9.17) is 9.26 Å². The minimum Gasteiger partial charge on any atom is -0.496 e. The van der Waals surface area contributed by atoms with E-state index < -0.39 is 0 Å². The van der Waals surface area contributed by atoms with Crippen LogP contribution in [0, 0.1) is 5.82 Å². The standard InChI is InChI=1S/C23H16FN3O3S2/c1-29-19-5-3-2-4-16(19)18-10-15(30-27-18)11-32-23-25-21(28)20-17(12-31-22(20)26-23)13-6-8-14(24)9-7-13/h2-10,12H,11H2,1H3,(H,25,26,28). The van der Waals surface area contributed by atoms with Gasteiger partial charge in [0.25, 0.3) is 5.56 Å². The molecule has 160 valence electrons. The summed E-state index contributed by atoms with van der Waals surface area (Å²) < 4.78 is 24.1.